The van der Waals surface area contributed by atoms with Crippen molar-refractivity contribution in [2.24, 2.45) is 5.16 Å². The first-order valence-corrected chi connectivity index (χ1v) is 12.7. The van der Waals surface area contributed by atoms with E-state index in [1.54, 1.807) is 0 Å². The van der Waals surface area contributed by atoms with E-state index in [4.69, 9.17) is 22.2 Å². The number of hydrogen-bond acceptors (Lipinski definition) is 9. The van der Waals surface area contributed by atoms with E-state index in [1.807, 2.05) is 35.1 Å². The number of aromatic nitrogens is 3. The van der Waals surface area contributed by atoms with Gasteiger partial charge in [0.2, 0.25) is 5.52 Å². The predicted molar refractivity (Wildman–Crippen MR) is 132 cm³/mol. The smallest absolute Gasteiger partial charge is 0.352 e. The fourth-order valence-electron chi connectivity index (χ4n) is 4.19. The number of aromatic amines is 1. The number of halogens is 1. The van der Waals surface area contributed by atoms with Gasteiger partial charge >= 0.3 is 5.97 Å². The molecule has 2 aliphatic heterocycles. The van der Waals surface area contributed by atoms with Crippen LogP contribution in [0.2, 0.25) is 4.34 Å². The largest absolute Gasteiger partial charge is 0.477 e. The number of nitrogen functional groups attached to an aromatic ring is 1. The van der Waals surface area contributed by atoms with Gasteiger partial charge in [0, 0.05) is 24.3 Å². The normalized spacial score (nSPS) is 19.8. The van der Waals surface area contributed by atoms with Crippen molar-refractivity contribution in [3.05, 3.63) is 57.5 Å². The summed E-state index contributed by atoms with van der Waals surface area (Å²) >= 11 is 8.45. The number of hydrogen-bond donors (Lipinski definition) is 4. The molecule has 2 amide bonds. The summed E-state index contributed by atoms with van der Waals surface area (Å²) in [5.41, 5.74) is 7.81. The number of aliphatic carboxylic acids is 1. The molecule has 0 aliphatic carbocycles. The fraction of sp³-hybridized carbons (Fsp3) is 0.238. The van der Waals surface area contributed by atoms with E-state index in [1.165, 1.54) is 23.8 Å². The molecule has 3 aromatic heterocycles. The van der Waals surface area contributed by atoms with Crippen molar-refractivity contribution in [2.45, 2.75) is 17.8 Å². The number of thioether (sulfide) groups is 1. The minimum atomic E-state index is -1.20. The number of nitrogens with one attached hydrogen (secondary N) is 2. The summed E-state index contributed by atoms with van der Waals surface area (Å²) in [5, 5.41) is 18.9. The molecule has 0 spiro atoms. The van der Waals surface area contributed by atoms with Gasteiger partial charge in [0.05, 0.1) is 11.8 Å². The van der Waals surface area contributed by atoms with Gasteiger partial charge in [-0.2, -0.15) is 5.10 Å². The SMILES string of the molecule is CO/N=C(\C(=O)N[C@@H]1C(=O)N2C(C(=O)O)=C(Cc3c[nH][n+]4ccccc34)CS[C@@H]12)c1nc(N)sc1Cl. The number of nitrogens with two attached hydrogens (primary N) is 1. The zero-order valence-corrected chi connectivity index (χ0v) is 21.0. The Balaban J connectivity index is 1.38. The van der Waals surface area contributed by atoms with Crippen molar-refractivity contribution in [1.29, 1.82) is 0 Å². The first-order valence-electron chi connectivity index (χ1n) is 10.5. The van der Waals surface area contributed by atoms with Crippen LogP contribution < -0.4 is 15.6 Å². The molecule has 5 N–H and O–H groups in total. The van der Waals surface area contributed by atoms with Crippen molar-refractivity contribution in [3.8, 4) is 0 Å². The summed E-state index contributed by atoms with van der Waals surface area (Å²) < 4.78 is 1.97. The number of oxime groups is 1. The third-order valence-corrected chi connectivity index (χ3v) is 8.15. The molecule has 3 aromatic rings. The van der Waals surface area contributed by atoms with Gasteiger partial charge < -0.3 is 21.0 Å². The molecule has 12 nitrogen and oxygen atoms in total. The van der Waals surface area contributed by atoms with Gasteiger partial charge in [-0.1, -0.05) is 32.6 Å². The number of pyridine rings is 1. The highest BCUT2D eigenvalue weighted by atomic mass is 35.5. The van der Waals surface area contributed by atoms with Gasteiger partial charge in [-0.05, 0) is 11.6 Å². The molecule has 0 radical (unpaired) electrons. The Bertz CT molecular complexity index is 1470. The molecule has 0 aromatic carbocycles. The van der Waals surface area contributed by atoms with Crippen molar-refractivity contribution >= 4 is 68.8 Å². The predicted octanol–water partition coefficient (Wildman–Crippen LogP) is 0.777. The number of carbonyl (C=O) groups is 3. The molecule has 186 valence electrons. The van der Waals surface area contributed by atoms with Crippen LogP contribution in [-0.2, 0) is 25.6 Å². The summed E-state index contributed by atoms with van der Waals surface area (Å²) in [7, 11) is 1.25. The number of thiazole rings is 1. The van der Waals surface area contributed by atoms with Crippen LogP contribution in [0.4, 0.5) is 5.13 Å². The van der Waals surface area contributed by atoms with Gasteiger partial charge in [-0.3, -0.25) is 14.5 Å². The summed E-state index contributed by atoms with van der Waals surface area (Å²) in [6.07, 6.45) is 4.03. The van der Waals surface area contributed by atoms with E-state index in [-0.39, 0.29) is 26.6 Å². The van der Waals surface area contributed by atoms with E-state index < -0.39 is 29.2 Å². The zero-order valence-electron chi connectivity index (χ0n) is 18.6. The lowest BCUT2D eigenvalue weighted by atomic mass is 9.99. The first-order chi connectivity index (χ1) is 17.3. The molecule has 1 saturated heterocycles. The van der Waals surface area contributed by atoms with Gasteiger partial charge in [0.15, 0.2) is 17.0 Å². The van der Waals surface area contributed by atoms with Crippen LogP contribution >= 0.6 is 34.7 Å². The number of fused-ring (bicyclic) bond motifs is 2. The third kappa shape index (κ3) is 4.06. The summed E-state index contributed by atoms with van der Waals surface area (Å²) in [5.74, 6) is -2.11. The van der Waals surface area contributed by atoms with Gasteiger partial charge in [-0.25, -0.2) is 9.78 Å². The van der Waals surface area contributed by atoms with Crippen LogP contribution in [-0.4, -0.2) is 67.9 Å². The van der Waals surface area contributed by atoms with Gasteiger partial charge in [-0.15, -0.1) is 11.8 Å². The number of carboxylic acids is 1. The number of carboxylic acid groups (broad SMARTS) is 1. The molecule has 36 heavy (non-hydrogen) atoms. The van der Waals surface area contributed by atoms with Crippen LogP contribution in [0.5, 0.6) is 0 Å². The summed E-state index contributed by atoms with van der Waals surface area (Å²) in [6, 6.07) is 4.74. The monoisotopic (exact) mass is 548 g/mol. The Kier molecular flexibility index (Phi) is 6.32. The second-order valence-corrected chi connectivity index (χ2v) is 10.6. The Morgan fingerprint density at radius 1 is 1.47 bits per heavy atom. The van der Waals surface area contributed by atoms with E-state index in [0.29, 0.717) is 17.7 Å². The highest BCUT2D eigenvalue weighted by molar-refractivity contribution is 8.00. The van der Waals surface area contributed by atoms with Crippen LogP contribution in [0.1, 0.15) is 11.3 Å². The zero-order chi connectivity index (χ0) is 25.6. The highest BCUT2D eigenvalue weighted by Crippen LogP contribution is 2.41. The average Bonchev–Trinajstić information content (AvgIpc) is 3.42. The number of H-pyrrole nitrogens is 1. The number of carbonyl (C=O) groups excluding carboxylic acids is 2. The van der Waals surface area contributed by atoms with Crippen LogP contribution in [0.3, 0.4) is 0 Å². The third-order valence-electron chi connectivity index (χ3n) is 5.73. The van der Waals surface area contributed by atoms with Crippen LogP contribution in [0, 0.1) is 0 Å². The molecule has 0 unspecified atom stereocenters. The Labute approximate surface area is 216 Å². The number of β-lactam (4-membered cyclic amide) rings is 1. The molecule has 5 heterocycles. The lowest BCUT2D eigenvalue weighted by Crippen LogP contribution is -2.71. The standard InChI is InChI=1S/C21H18ClN7O5S2/c1-34-27-13(12-16(22)36-21(23)26-12)17(30)25-14-18(31)29-15(20(32)33)10(8-35-19(14)29)6-9-7-24-28-5-3-2-4-11(9)28/h2-5,7,14,19H,6,8H2,1H3,(H4,23,25,26,30,32,33)/p+1/b27-13-/t14-,19+/m1/s1. The first kappa shape index (κ1) is 24.1. The van der Waals surface area contributed by atoms with E-state index in [9.17, 15) is 19.5 Å². The Hall–Kier alpha value is -3.62. The van der Waals surface area contributed by atoms with Crippen molar-refractivity contribution in [3.63, 3.8) is 0 Å². The molecule has 15 heteroatoms. The molecular weight excluding hydrogens is 530 g/mol. The molecule has 0 bridgehead atoms. The van der Waals surface area contributed by atoms with Crippen molar-refractivity contribution in [1.82, 2.24) is 20.3 Å². The van der Waals surface area contributed by atoms with Crippen molar-refractivity contribution < 1.29 is 28.8 Å². The summed E-state index contributed by atoms with van der Waals surface area (Å²) in [4.78, 5) is 48.2. The van der Waals surface area contributed by atoms with E-state index >= 15 is 0 Å². The lowest BCUT2D eigenvalue weighted by Gasteiger charge is -2.49. The fourth-order valence-corrected chi connectivity index (χ4v) is 6.46. The molecule has 5 rings (SSSR count). The topological polar surface area (TPSA) is 167 Å². The van der Waals surface area contributed by atoms with E-state index in [2.05, 4.69) is 20.6 Å². The molecule has 1 fully saturated rings. The maximum absolute atomic E-state index is 13.1. The van der Waals surface area contributed by atoms with Gasteiger partial charge in [0.1, 0.15) is 34.3 Å². The second kappa shape index (κ2) is 9.44. The molecule has 2 atom stereocenters. The molecule has 2 aliphatic rings. The second-order valence-electron chi connectivity index (χ2n) is 7.85. The maximum Gasteiger partial charge on any atom is 0.352 e. The van der Waals surface area contributed by atoms with E-state index in [0.717, 1.165) is 22.4 Å². The molecular formula is C21H19ClN7O5S2+. The summed E-state index contributed by atoms with van der Waals surface area (Å²) in [6.45, 7) is 0. The minimum absolute atomic E-state index is 0.0310. The van der Waals surface area contributed by atoms with Gasteiger partial charge in [0.25, 0.3) is 11.8 Å². The number of nitrogens with zero attached hydrogens (tertiary/aromatic N) is 4. The number of anilines is 1. The lowest BCUT2D eigenvalue weighted by molar-refractivity contribution is -0.576. The average molecular weight is 549 g/mol. The highest BCUT2D eigenvalue weighted by Gasteiger charge is 2.54. The number of rotatable bonds is 7. The quantitative estimate of drug-likeness (QED) is 0.145. The van der Waals surface area contributed by atoms with Crippen molar-refractivity contribution in [2.75, 3.05) is 18.6 Å². The Morgan fingerprint density at radius 3 is 2.97 bits per heavy atom. The maximum atomic E-state index is 13.1. The Morgan fingerprint density at radius 2 is 2.28 bits per heavy atom. The number of amides is 2. The molecule has 0 saturated carbocycles. The van der Waals surface area contributed by atoms with Crippen LogP contribution in [0.15, 0.2) is 47.0 Å². The minimum Gasteiger partial charge on any atom is -0.477 e. The van der Waals surface area contributed by atoms with Crippen LogP contribution in [0.25, 0.3) is 5.52 Å².